The van der Waals surface area contributed by atoms with Crippen LogP contribution >= 0.6 is 11.6 Å². The summed E-state index contributed by atoms with van der Waals surface area (Å²) < 4.78 is 10.7. The number of halogens is 1. The van der Waals surface area contributed by atoms with Gasteiger partial charge in [-0.25, -0.2) is 0 Å². The number of methoxy groups -OCH3 is 1. The lowest BCUT2D eigenvalue weighted by molar-refractivity contribution is 0.0958. The predicted molar refractivity (Wildman–Crippen MR) is 90.1 cm³/mol. The maximum absolute atomic E-state index is 11.8. The van der Waals surface area contributed by atoms with Gasteiger partial charge in [-0.1, -0.05) is 35.6 Å². The molecule has 0 aliphatic carbocycles. The Morgan fingerprint density at radius 1 is 1.09 bits per heavy atom. The fourth-order valence-corrected chi connectivity index (χ4v) is 1.92. The molecule has 1 amide bonds. The van der Waals surface area contributed by atoms with Crippen molar-refractivity contribution in [3.05, 3.63) is 59.1 Å². The fraction of sp³-hybridized carbons (Fsp3) is 0.167. The molecule has 4 nitrogen and oxygen atoms in total. The number of hydrogen-bond donors (Lipinski definition) is 1. The van der Waals surface area contributed by atoms with Crippen molar-refractivity contribution in [1.82, 2.24) is 5.32 Å². The van der Waals surface area contributed by atoms with Gasteiger partial charge >= 0.3 is 0 Å². The lowest BCUT2D eigenvalue weighted by Crippen LogP contribution is -2.23. The molecule has 5 heteroatoms. The van der Waals surface area contributed by atoms with Crippen molar-refractivity contribution in [2.24, 2.45) is 0 Å². The number of nitrogens with one attached hydrogen (secondary N) is 1. The van der Waals surface area contributed by atoms with E-state index in [0.29, 0.717) is 22.1 Å². The molecule has 0 saturated carbocycles. The molecule has 0 bridgehead atoms. The molecule has 0 aliphatic heterocycles. The standard InChI is InChI=1S/C18H16ClNO3/c1-22-16-6-2-3-7-17(16)23-13-5-4-12-20-18(21)14-8-10-15(19)11-9-14/h2-3,6-11H,12-13H2,1H3,(H,20,21). The number of benzene rings is 2. The number of ether oxygens (including phenoxy) is 2. The maximum atomic E-state index is 11.8. The van der Waals surface area contributed by atoms with Crippen LogP contribution in [0.25, 0.3) is 0 Å². The zero-order valence-electron chi connectivity index (χ0n) is 12.6. The summed E-state index contributed by atoms with van der Waals surface area (Å²) in [6, 6.07) is 14.0. The normalized spacial score (nSPS) is 9.48. The van der Waals surface area contributed by atoms with Crippen molar-refractivity contribution >= 4 is 17.5 Å². The van der Waals surface area contributed by atoms with E-state index in [-0.39, 0.29) is 19.1 Å². The highest BCUT2D eigenvalue weighted by Gasteiger charge is 2.03. The van der Waals surface area contributed by atoms with Gasteiger partial charge in [0.1, 0.15) is 6.61 Å². The lowest BCUT2D eigenvalue weighted by atomic mass is 10.2. The van der Waals surface area contributed by atoms with E-state index in [0.717, 1.165) is 0 Å². The van der Waals surface area contributed by atoms with Crippen LogP contribution in [0.2, 0.25) is 5.02 Å². The molecule has 23 heavy (non-hydrogen) atoms. The Balaban J connectivity index is 1.76. The van der Waals surface area contributed by atoms with Gasteiger partial charge in [0, 0.05) is 10.6 Å². The van der Waals surface area contributed by atoms with Crippen LogP contribution in [0.3, 0.4) is 0 Å². The summed E-state index contributed by atoms with van der Waals surface area (Å²) in [6.45, 7) is 0.466. The lowest BCUT2D eigenvalue weighted by Gasteiger charge is -2.07. The Kier molecular flexibility index (Phi) is 6.34. The molecule has 2 rings (SSSR count). The van der Waals surface area contributed by atoms with Crippen LogP contribution in [-0.4, -0.2) is 26.2 Å². The smallest absolute Gasteiger partial charge is 0.252 e. The Bertz CT molecular complexity index is 717. The third kappa shape index (κ3) is 5.24. The third-order valence-electron chi connectivity index (χ3n) is 2.94. The van der Waals surface area contributed by atoms with Gasteiger partial charge in [-0.15, -0.1) is 0 Å². The van der Waals surface area contributed by atoms with E-state index in [2.05, 4.69) is 17.2 Å². The number of hydrogen-bond acceptors (Lipinski definition) is 3. The van der Waals surface area contributed by atoms with Crippen LogP contribution in [0.15, 0.2) is 48.5 Å². The average molecular weight is 330 g/mol. The van der Waals surface area contributed by atoms with E-state index in [4.69, 9.17) is 21.1 Å². The Labute approximate surface area is 140 Å². The van der Waals surface area contributed by atoms with E-state index in [1.165, 1.54) is 0 Å². The fourth-order valence-electron chi connectivity index (χ4n) is 1.79. The van der Waals surface area contributed by atoms with Gasteiger partial charge in [0.15, 0.2) is 11.5 Å². The highest BCUT2D eigenvalue weighted by Crippen LogP contribution is 2.25. The zero-order valence-corrected chi connectivity index (χ0v) is 13.4. The summed E-state index contributed by atoms with van der Waals surface area (Å²) in [5.74, 6) is 6.77. The second-order valence-corrected chi connectivity index (χ2v) is 4.92. The van der Waals surface area contributed by atoms with Crippen LogP contribution in [0.4, 0.5) is 0 Å². The monoisotopic (exact) mass is 329 g/mol. The largest absolute Gasteiger partial charge is 0.493 e. The number of carbonyl (C=O) groups is 1. The molecule has 0 atom stereocenters. The van der Waals surface area contributed by atoms with Crippen LogP contribution in [0, 0.1) is 11.8 Å². The van der Waals surface area contributed by atoms with Crippen molar-refractivity contribution in [1.29, 1.82) is 0 Å². The molecule has 2 aromatic carbocycles. The molecule has 0 heterocycles. The van der Waals surface area contributed by atoms with Crippen LogP contribution in [0.1, 0.15) is 10.4 Å². The summed E-state index contributed by atoms with van der Waals surface area (Å²) in [7, 11) is 1.58. The van der Waals surface area contributed by atoms with Gasteiger partial charge in [0.05, 0.1) is 13.7 Å². The second-order valence-electron chi connectivity index (χ2n) is 4.48. The van der Waals surface area contributed by atoms with Gasteiger partial charge in [-0.3, -0.25) is 4.79 Å². The van der Waals surface area contributed by atoms with Crippen molar-refractivity contribution in [2.75, 3.05) is 20.3 Å². The molecule has 1 N–H and O–H groups in total. The van der Waals surface area contributed by atoms with E-state index in [9.17, 15) is 4.79 Å². The van der Waals surface area contributed by atoms with Gasteiger partial charge in [0.25, 0.3) is 5.91 Å². The second kappa shape index (κ2) is 8.72. The molecule has 0 spiro atoms. The molecular weight excluding hydrogens is 314 g/mol. The third-order valence-corrected chi connectivity index (χ3v) is 3.19. The molecule has 0 fully saturated rings. The first-order valence-corrected chi connectivity index (χ1v) is 7.34. The van der Waals surface area contributed by atoms with Gasteiger partial charge in [0.2, 0.25) is 0 Å². The van der Waals surface area contributed by atoms with Crippen molar-refractivity contribution < 1.29 is 14.3 Å². The molecule has 0 saturated heterocycles. The van der Waals surface area contributed by atoms with E-state index < -0.39 is 0 Å². The quantitative estimate of drug-likeness (QED) is 0.857. The Morgan fingerprint density at radius 3 is 2.48 bits per heavy atom. The maximum Gasteiger partial charge on any atom is 0.252 e. The van der Waals surface area contributed by atoms with Gasteiger partial charge < -0.3 is 14.8 Å². The summed E-state index contributed by atoms with van der Waals surface area (Å²) in [5, 5.41) is 3.30. The molecule has 0 aromatic heterocycles. The van der Waals surface area contributed by atoms with E-state index in [1.807, 2.05) is 24.3 Å². The summed E-state index contributed by atoms with van der Waals surface area (Å²) in [5.41, 5.74) is 0.543. The first-order chi connectivity index (χ1) is 11.2. The molecule has 0 aliphatic rings. The highest BCUT2D eigenvalue weighted by molar-refractivity contribution is 6.30. The number of rotatable bonds is 5. The van der Waals surface area contributed by atoms with Crippen LogP contribution < -0.4 is 14.8 Å². The topological polar surface area (TPSA) is 47.6 Å². The predicted octanol–water partition coefficient (Wildman–Crippen LogP) is 3.16. The number of carbonyl (C=O) groups excluding carboxylic acids is 1. The minimum absolute atomic E-state index is 0.193. The molecule has 118 valence electrons. The SMILES string of the molecule is COc1ccccc1OCC#CCNC(=O)c1ccc(Cl)cc1. The molecule has 0 unspecified atom stereocenters. The zero-order chi connectivity index (χ0) is 16.5. The van der Waals surface area contributed by atoms with Crippen molar-refractivity contribution in [2.45, 2.75) is 0 Å². The molecular formula is C18H16ClNO3. The minimum atomic E-state index is -0.193. The Hall–Kier alpha value is -2.64. The highest BCUT2D eigenvalue weighted by atomic mass is 35.5. The van der Waals surface area contributed by atoms with E-state index in [1.54, 1.807) is 31.4 Å². The first-order valence-electron chi connectivity index (χ1n) is 6.96. The number of para-hydroxylation sites is 2. The average Bonchev–Trinajstić information content (AvgIpc) is 2.58. The van der Waals surface area contributed by atoms with Gasteiger partial charge in [-0.2, -0.15) is 0 Å². The number of amides is 1. The van der Waals surface area contributed by atoms with Gasteiger partial charge in [-0.05, 0) is 36.4 Å². The van der Waals surface area contributed by atoms with Crippen molar-refractivity contribution in [3.63, 3.8) is 0 Å². The first kappa shape index (κ1) is 16.7. The van der Waals surface area contributed by atoms with Crippen LogP contribution in [0.5, 0.6) is 11.5 Å². The Morgan fingerprint density at radius 2 is 1.78 bits per heavy atom. The summed E-state index contributed by atoms with van der Waals surface area (Å²) in [6.07, 6.45) is 0. The van der Waals surface area contributed by atoms with Crippen molar-refractivity contribution in [3.8, 4) is 23.3 Å². The minimum Gasteiger partial charge on any atom is -0.493 e. The molecule has 0 radical (unpaired) electrons. The summed E-state index contributed by atoms with van der Waals surface area (Å²) in [4.78, 5) is 11.8. The summed E-state index contributed by atoms with van der Waals surface area (Å²) >= 11 is 5.77. The van der Waals surface area contributed by atoms with Crippen LogP contribution in [-0.2, 0) is 0 Å². The van der Waals surface area contributed by atoms with E-state index >= 15 is 0 Å². The molecule has 2 aromatic rings.